The maximum Gasteiger partial charge on any atom is 0.305 e. The molecule has 0 heterocycles. The van der Waals surface area contributed by atoms with Crippen LogP contribution in [0.25, 0.3) is 0 Å². The van der Waals surface area contributed by atoms with Crippen LogP contribution in [0.3, 0.4) is 0 Å². The second-order valence-corrected chi connectivity index (χ2v) is 25.6. The van der Waals surface area contributed by atoms with Crippen molar-refractivity contribution >= 4 is 11.9 Å². The van der Waals surface area contributed by atoms with Crippen molar-refractivity contribution in [1.82, 2.24) is 5.32 Å². The first-order valence-electron chi connectivity index (χ1n) is 37.1. The van der Waals surface area contributed by atoms with Gasteiger partial charge in [0.1, 0.15) is 0 Å². The molecule has 0 fully saturated rings. The van der Waals surface area contributed by atoms with Crippen LogP contribution in [0.15, 0.2) is 24.3 Å². The van der Waals surface area contributed by atoms with Crippen LogP contribution in [-0.4, -0.2) is 47.4 Å². The second kappa shape index (κ2) is 70.8. The monoisotopic (exact) mass is 1140 g/mol. The first-order chi connectivity index (χ1) is 40.0. The fourth-order valence-electron chi connectivity index (χ4n) is 11.9. The quantitative estimate of drug-likeness (QED) is 0.0320. The van der Waals surface area contributed by atoms with E-state index in [1.807, 2.05) is 0 Å². The third kappa shape index (κ3) is 67.3. The summed E-state index contributed by atoms with van der Waals surface area (Å²) in [4.78, 5) is 24.5. The number of hydrogen-bond donors (Lipinski definition) is 3. The molecule has 0 aliphatic heterocycles. The number of carbonyl (C=O) groups is 2. The third-order valence-electron chi connectivity index (χ3n) is 17.5. The molecular weight excluding hydrogens is 995 g/mol. The van der Waals surface area contributed by atoms with Crippen molar-refractivity contribution in [2.45, 2.75) is 431 Å². The molecule has 0 saturated carbocycles. The minimum atomic E-state index is -0.660. The summed E-state index contributed by atoms with van der Waals surface area (Å²) in [6.45, 7) is 4.97. The molecule has 2 atom stereocenters. The van der Waals surface area contributed by atoms with E-state index in [0.29, 0.717) is 25.9 Å². The Morgan fingerprint density at radius 3 is 0.938 bits per heavy atom. The van der Waals surface area contributed by atoms with Crippen molar-refractivity contribution in [3.63, 3.8) is 0 Å². The molecule has 0 aromatic carbocycles. The molecule has 0 aliphatic rings. The Balaban J connectivity index is 3.31. The summed E-state index contributed by atoms with van der Waals surface area (Å²) in [6, 6.07) is -0.537. The zero-order valence-corrected chi connectivity index (χ0v) is 55.0. The Hall–Kier alpha value is -1.66. The van der Waals surface area contributed by atoms with Crippen molar-refractivity contribution < 1.29 is 24.5 Å². The van der Waals surface area contributed by atoms with Gasteiger partial charge in [-0.25, -0.2) is 0 Å². The average Bonchev–Trinajstić information content (AvgIpc) is 3.47. The molecule has 0 aromatic heterocycles. The van der Waals surface area contributed by atoms with Gasteiger partial charge >= 0.3 is 5.97 Å². The molecule has 6 heteroatoms. The number of allylic oxidation sites excluding steroid dienone is 4. The highest BCUT2D eigenvalue weighted by Crippen LogP contribution is 2.19. The molecule has 0 aliphatic carbocycles. The molecule has 0 rings (SSSR count). The van der Waals surface area contributed by atoms with Crippen LogP contribution in [0.2, 0.25) is 0 Å². The summed E-state index contributed by atoms with van der Waals surface area (Å²) in [6.07, 6.45) is 89.9. The highest BCUT2D eigenvalue weighted by atomic mass is 16.5. The molecule has 0 saturated heterocycles. The van der Waals surface area contributed by atoms with E-state index in [1.165, 1.54) is 340 Å². The molecule has 0 spiro atoms. The summed E-state index contributed by atoms with van der Waals surface area (Å²) >= 11 is 0. The lowest BCUT2D eigenvalue weighted by atomic mass is 10.0. The highest BCUT2D eigenvalue weighted by molar-refractivity contribution is 5.76. The van der Waals surface area contributed by atoms with Crippen LogP contribution in [0.4, 0.5) is 0 Å². The maximum atomic E-state index is 12.4. The number of ether oxygens (including phenoxy) is 1. The topological polar surface area (TPSA) is 95.9 Å². The maximum absolute atomic E-state index is 12.4. The van der Waals surface area contributed by atoms with Gasteiger partial charge in [-0.2, -0.15) is 0 Å². The number of amides is 1. The number of carbonyl (C=O) groups excluding carboxylic acids is 2. The molecule has 0 aromatic rings. The van der Waals surface area contributed by atoms with Crippen LogP contribution in [0, 0.1) is 0 Å². The van der Waals surface area contributed by atoms with Gasteiger partial charge in [-0.05, 0) is 57.8 Å². The summed E-state index contributed by atoms with van der Waals surface area (Å²) in [5, 5.41) is 23.2. The highest BCUT2D eigenvalue weighted by Gasteiger charge is 2.20. The third-order valence-corrected chi connectivity index (χ3v) is 17.5. The summed E-state index contributed by atoms with van der Waals surface area (Å²) in [7, 11) is 0. The van der Waals surface area contributed by atoms with Crippen LogP contribution >= 0.6 is 0 Å². The van der Waals surface area contributed by atoms with E-state index in [9.17, 15) is 19.8 Å². The zero-order chi connectivity index (χ0) is 58.5. The Morgan fingerprint density at radius 2 is 0.617 bits per heavy atom. The number of rotatable bonds is 70. The number of esters is 1. The number of unbranched alkanes of at least 4 members (excludes halogenated alkanes) is 55. The molecule has 2 unspecified atom stereocenters. The molecule has 3 N–H and O–H groups in total. The Labute approximate surface area is 507 Å². The van der Waals surface area contributed by atoms with E-state index >= 15 is 0 Å². The number of aliphatic hydroxyl groups is 2. The minimum Gasteiger partial charge on any atom is -0.466 e. The van der Waals surface area contributed by atoms with Gasteiger partial charge < -0.3 is 20.3 Å². The first-order valence-corrected chi connectivity index (χ1v) is 37.1. The van der Waals surface area contributed by atoms with Crippen molar-refractivity contribution in [1.29, 1.82) is 0 Å². The predicted molar refractivity (Wildman–Crippen MR) is 356 cm³/mol. The number of nitrogens with one attached hydrogen (secondary N) is 1. The minimum absolute atomic E-state index is 0.0239. The van der Waals surface area contributed by atoms with E-state index in [2.05, 4.69) is 43.5 Å². The van der Waals surface area contributed by atoms with E-state index in [1.54, 1.807) is 0 Å². The van der Waals surface area contributed by atoms with Gasteiger partial charge in [-0.15, -0.1) is 0 Å². The molecule has 6 nitrogen and oxygen atoms in total. The molecule has 480 valence electrons. The van der Waals surface area contributed by atoms with Gasteiger partial charge in [-0.1, -0.05) is 372 Å². The second-order valence-electron chi connectivity index (χ2n) is 25.6. The predicted octanol–water partition coefficient (Wildman–Crippen LogP) is 24.1. The van der Waals surface area contributed by atoms with Gasteiger partial charge in [0.2, 0.25) is 5.91 Å². The van der Waals surface area contributed by atoms with E-state index in [4.69, 9.17) is 4.74 Å². The molecule has 0 radical (unpaired) electrons. The van der Waals surface area contributed by atoms with Crippen LogP contribution in [-0.2, 0) is 14.3 Å². The molecule has 0 bridgehead atoms. The normalized spacial score (nSPS) is 12.6. The van der Waals surface area contributed by atoms with Crippen LogP contribution in [0.5, 0.6) is 0 Å². The molecular formula is C75H145NO5. The average molecular weight is 1140 g/mol. The lowest BCUT2D eigenvalue weighted by Gasteiger charge is -2.22. The van der Waals surface area contributed by atoms with Crippen molar-refractivity contribution in [2.24, 2.45) is 0 Å². The van der Waals surface area contributed by atoms with Gasteiger partial charge in [0.05, 0.1) is 25.4 Å². The Kier molecular flexibility index (Phi) is 69.4. The van der Waals surface area contributed by atoms with Gasteiger partial charge in [-0.3, -0.25) is 9.59 Å². The number of hydrogen-bond acceptors (Lipinski definition) is 5. The van der Waals surface area contributed by atoms with Gasteiger partial charge in [0.15, 0.2) is 0 Å². The van der Waals surface area contributed by atoms with Gasteiger partial charge in [0.25, 0.3) is 0 Å². The van der Waals surface area contributed by atoms with E-state index < -0.39 is 12.1 Å². The lowest BCUT2D eigenvalue weighted by Crippen LogP contribution is -2.45. The Morgan fingerprint density at radius 1 is 0.346 bits per heavy atom. The summed E-state index contributed by atoms with van der Waals surface area (Å²) in [5.74, 6) is -0.00892. The van der Waals surface area contributed by atoms with E-state index in [-0.39, 0.29) is 18.5 Å². The fraction of sp³-hybridized carbons (Fsp3) is 0.920. The summed E-state index contributed by atoms with van der Waals surface area (Å²) in [5.41, 5.74) is 0. The van der Waals surface area contributed by atoms with Crippen LogP contribution < -0.4 is 5.32 Å². The van der Waals surface area contributed by atoms with Gasteiger partial charge in [0, 0.05) is 12.8 Å². The number of aliphatic hydroxyl groups excluding tert-OH is 2. The summed E-state index contributed by atoms with van der Waals surface area (Å²) < 4.78 is 5.51. The first kappa shape index (κ1) is 79.3. The largest absolute Gasteiger partial charge is 0.466 e. The zero-order valence-electron chi connectivity index (χ0n) is 55.0. The standard InChI is InChI=1S/C75H145NO5/c1-3-5-7-9-11-13-14-15-16-17-40-43-46-49-53-57-61-65-69-75(80)81-70-66-62-58-54-50-47-44-41-38-36-34-32-30-28-26-24-22-20-18-19-21-23-25-27-29-31-33-35-37-39-42-45-48-52-56-60-64-68-74(79)76-72(71-77)73(78)67-63-59-55-51-12-10-8-6-4-2/h18,20,24,26,72-73,77-78H,3-17,19,21-23,25,27-71H2,1-2H3,(H,76,79)/b20-18-,26-24-. The lowest BCUT2D eigenvalue weighted by molar-refractivity contribution is -0.143. The fourth-order valence-corrected chi connectivity index (χ4v) is 11.9. The van der Waals surface area contributed by atoms with E-state index in [0.717, 1.165) is 44.9 Å². The van der Waals surface area contributed by atoms with Crippen molar-refractivity contribution in [2.75, 3.05) is 13.2 Å². The van der Waals surface area contributed by atoms with Crippen LogP contribution in [0.1, 0.15) is 418 Å². The smallest absolute Gasteiger partial charge is 0.305 e. The molecule has 1 amide bonds. The Bertz CT molecular complexity index is 1270. The SMILES string of the molecule is CCCCCCCCCCCCCCCCCCCCC(=O)OCCCCCCCCCCCCCCC/C=C\C/C=C\CCCCCCCCCCCCCCCCCCCC(=O)NC(CO)C(O)CCCCCCCCCCC. The molecule has 81 heavy (non-hydrogen) atoms. The van der Waals surface area contributed by atoms with Crippen molar-refractivity contribution in [3.05, 3.63) is 24.3 Å². The van der Waals surface area contributed by atoms with Crippen molar-refractivity contribution in [3.8, 4) is 0 Å².